The molecule has 0 radical (unpaired) electrons. The van der Waals surface area contributed by atoms with E-state index in [9.17, 15) is 9.59 Å². The van der Waals surface area contributed by atoms with E-state index >= 15 is 0 Å². The van der Waals surface area contributed by atoms with Crippen molar-refractivity contribution in [2.45, 2.75) is 13.3 Å². The Balaban J connectivity index is 1.46. The van der Waals surface area contributed by atoms with E-state index in [0.717, 1.165) is 37.3 Å². The minimum Gasteiger partial charge on any atom is -0.495 e. The number of anilines is 2. The lowest BCUT2D eigenvalue weighted by molar-refractivity contribution is -0.136. The van der Waals surface area contributed by atoms with E-state index in [4.69, 9.17) is 4.74 Å². The maximum Gasteiger partial charge on any atom is 0.313 e. The molecule has 0 atom stereocenters. The molecule has 1 heterocycles. The Labute approximate surface area is 178 Å². The van der Waals surface area contributed by atoms with Gasteiger partial charge in [0.25, 0.3) is 0 Å². The lowest BCUT2D eigenvalue weighted by Crippen LogP contribution is -2.44. The summed E-state index contributed by atoms with van der Waals surface area (Å²) >= 11 is 0. The number of hydrogen-bond acceptors (Lipinski definition) is 5. The highest BCUT2D eigenvalue weighted by molar-refractivity contribution is 6.39. The molecular formula is C23H30N4O3. The van der Waals surface area contributed by atoms with Crippen molar-refractivity contribution in [3.05, 3.63) is 53.6 Å². The van der Waals surface area contributed by atoms with Gasteiger partial charge in [-0.05, 0) is 55.8 Å². The van der Waals surface area contributed by atoms with Gasteiger partial charge in [0, 0.05) is 38.4 Å². The van der Waals surface area contributed by atoms with Gasteiger partial charge in [-0.1, -0.05) is 18.2 Å². The molecule has 1 saturated heterocycles. The number of carbonyl (C=O) groups is 2. The first-order chi connectivity index (χ1) is 14.5. The molecule has 0 saturated carbocycles. The zero-order chi connectivity index (χ0) is 21.5. The molecule has 1 fully saturated rings. The summed E-state index contributed by atoms with van der Waals surface area (Å²) in [5, 5.41) is 5.29. The lowest BCUT2D eigenvalue weighted by atomic mass is 10.1. The van der Waals surface area contributed by atoms with Gasteiger partial charge >= 0.3 is 11.8 Å². The SMILES string of the molecule is COc1ccc(C)cc1NC(=O)C(=O)NCCc1ccc(N2CCN(C)CC2)cc1. The molecule has 2 amide bonds. The predicted molar refractivity (Wildman–Crippen MR) is 119 cm³/mol. The van der Waals surface area contributed by atoms with Crippen LogP contribution in [0.4, 0.5) is 11.4 Å². The number of benzene rings is 2. The third kappa shape index (κ3) is 5.73. The first kappa shape index (κ1) is 21.6. The summed E-state index contributed by atoms with van der Waals surface area (Å²) in [6, 6.07) is 13.8. The summed E-state index contributed by atoms with van der Waals surface area (Å²) in [5.74, 6) is -0.848. The minimum atomic E-state index is -0.704. The molecule has 30 heavy (non-hydrogen) atoms. The Morgan fingerprint density at radius 3 is 2.37 bits per heavy atom. The molecule has 1 aliphatic heterocycles. The molecule has 2 aromatic carbocycles. The second-order valence-corrected chi connectivity index (χ2v) is 7.62. The van der Waals surface area contributed by atoms with Crippen LogP contribution < -0.4 is 20.3 Å². The third-order valence-corrected chi connectivity index (χ3v) is 5.31. The number of nitrogens with one attached hydrogen (secondary N) is 2. The predicted octanol–water partition coefficient (Wildman–Crippen LogP) is 2.05. The molecule has 1 aliphatic rings. The van der Waals surface area contributed by atoms with E-state index in [1.54, 1.807) is 12.1 Å². The van der Waals surface area contributed by atoms with E-state index in [0.29, 0.717) is 24.4 Å². The average molecular weight is 411 g/mol. The number of carbonyl (C=O) groups excluding carboxylic acids is 2. The van der Waals surface area contributed by atoms with E-state index in [-0.39, 0.29) is 0 Å². The number of rotatable bonds is 6. The molecule has 2 aromatic rings. The largest absolute Gasteiger partial charge is 0.495 e. The molecule has 7 heteroatoms. The number of nitrogens with zero attached hydrogens (tertiary/aromatic N) is 2. The van der Waals surface area contributed by atoms with Crippen molar-refractivity contribution in [3.63, 3.8) is 0 Å². The molecule has 2 N–H and O–H groups in total. The number of methoxy groups -OCH3 is 1. The standard InChI is InChI=1S/C23H30N4O3/c1-17-4-9-21(30-3)20(16-17)25-23(29)22(28)24-11-10-18-5-7-19(8-6-18)27-14-12-26(2)13-15-27/h4-9,16H,10-15H2,1-3H3,(H,24,28)(H,25,29). The fourth-order valence-corrected chi connectivity index (χ4v) is 3.44. The zero-order valence-electron chi connectivity index (χ0n) is 17.9. The molecule has 0 aromatic heterocycles. The first-order valence-electron chi connectivity index (χ1n) is 10.2. The maximum atomic E-state index is 12.2. The van der Waals surface area contributed by atoms with Gasteiger partial charge in [-0.3, -0.25) is 9.59 Å². The average Bonchev–Trinajstić information content (AvgIpc) is 2.75. The van der Waals surface area contributed by atoms with Crippen LogP contribution in [-0.2, 0) is 16.0 Å². The van der Waals surface area contributed by atoms with Crippen LogP contribution in [0.2, 0.25) is 0 Å². The van der Waals surface area contributed by atoms with E-state index < -0.39 is 11.8 Å². The van der Waals surface area contributed by atoms with Crippen LogP contribution in [0.25, 0.3) is 0 Å². The normalized spacial score (nSPS) is 14.3. The van der Waals surface area contributed by atoms with Crippen molar-refractivity contribution >= 4 is 23.2 Å². The van der Waals surface area contributed by atoms with Crippen molar-refractivity contribution in [1.82, 2.24) is 10.2 Å². The van der Waals surface area contributed by atoms with Crippen LogP contribution in [0.5, 0.6) is 5.75 Å². The third-order valence-electron chi connectivity index (χ3n) is 5.31. The maximum absolute atomic E-state index is 12.2. The van der Waals surface area contributed by atoms with Crippen molar-refractivity contribution < 1.29 is 14.3 Å². The first-order valence-corrected chi connectivity index (χ1v) is 10.2. The number of amides is 2. The monoisotopic (exact) mass is 410 g/mol. The highest BCUT2D eigenvalue weighted by Gasteiger charge is 2.16. The van der Waals surface area contributed by atoms with E-state index in [1.807, 2.05) is 13.0 Å². The van der Waals surface area contributed by atoms with Crippen LogP contribution in [0.15, 0.2) is 42.5 Å². The highest BCUT2D eigenvalue weighted by Crippen LogP contribution is 2.25. The van der Waals surface area contributed by atoms with Crippen LogP contribution in [-0.4, -0.2) is 63.6 Å². The van der Waals surface area contributed by atoms with Crippen molar-refractivity contribution in [2.75, 3.05) is 57.1 Å². The Morgan fingerprint density at radius 1 is 1.00 bits per heavy atom. The topological polar surface area (TPSA) is 73.9 Å². The van der Waals surface area contributed by atoms with Crippen LogP contribution in [0, 0.1) is 6.92 Å². The van der Waals surface area contributed by atoms with Gasteiger partial charge in [0.1, 0.15) is 5.75 Å². The Bertz CT molecular complexity index is 875. The number of aryl methyl sites for hydroxylation is 1. The summed E-state index contributed by atoms with van der Waals surface area (Å²) in [7, 11) is 3.67. The fourth-order valence-electron chi connectivity index (χ4n) is 3.44. The molecule has 0 unspecified atom stereocenters. The zero-order valence-corrected chi connectivity index (χ0v) is 17.9. The molecule has 0 bridgehead atoms. The number of piperazine rings is 1. The summed E-state index contributed by atoms with van der Waals surface area (Å²) in [4.78, 5) is 29.0. The van der Waals surface area contributed by atoms with Gasteiger partial charge in [0.2, 0.25) is 0 Å². The second-order valence-electron chi connectivity index (χ2n) is 7.62. The molecule has 7 nitrogen and oxygen atoms in total. The van der Waals surface area contributed by atoms with Gasteiger partial charge in [0.05, 0.1) is 12.8 Å². The Kier molecular flexibility index (Phi) is 7.30. The van der Waals surface area contributed by atoms with Crippen LogP contribution in [0.1, 0.15) is 11.1 Å². The van der Waals surface area contributed by atoms with Crippen molar-refractivity contribution in [1.29, 1.82) is 0 Å². The lowest BCUT2D eigenvalue weighted by Gasteiger charge is -2.34. The van der Waals surface area contributed by atoms with E-state index in [1.165, 1.54) is 12.8 Å². The molecule has 0 spiro atoms. The van der Waals surface area contributed by atoms with Gasteiger partial charge < -0.3 is 25.2 Å². The summed E-state index contributed by atoms with van der Waals surface area (Å²) in [5.41, 5.74) is 3.79. The van der Waals surface area contributed by atoms with Crippen LogP contribution in [0.3, 0.4) is 0 Å². The van der Waals surface area contributed by atoms with Gasteiger partial charge in [-0.15, -0.1) is 0 Å². The van der Waals surface area contributed by atoms with Crippen molar-refractivity contribution in [2.24, 2.45) is 0 Å². The second kappa shape index (κ2) is 10.1. The smallest absolute Gasteiger partial charge is 0.313 e. The molecule has 3 rings (SSSR count). The Hall–Kier alpha value is -3.06. The van der Waals surface area contributed by atoms with E-state index in [2.05, 4.69) is 51.7 Å². The number of ether oxygens (including phenoxy) is 1. The van der Waals surface area contributed by atoms with Crippen molar-refractivity contribution in [3.8, 4) is 5.75 Å². The summed E-state index contributed by atoms with van der Waals surface area (Å²) in [6.45, 7) is 6.52. The van der Waals surface area contributed by atoms with Gasteiger partial charge in [-0.25, -0.2) is 0 Å². The fraction of sp³-hybridized carbons (Fsp3) is 0.391. The molecular weight excluding hydrogens is 380 g/mol. The van der Waals surface area contributed by atoms with Gasteiger partial charge in [-0.2, -0.15) is 0 Å². The molecule has 160 valence electrons. The molecule has 0 aliphatic carbocycles. The Morgan fingerprint density at radius 2 is 1.70 bits per heavy atom. The van der Waals surface area contributed by atoms with Crippen LogP contribution >= 0.6 is 0 Å². The highest BCUT2D eigenvalue weighted by atomic mass is 16.5. The summed E-state index contributed by atoms with van der Waals surface area (Å²) < 4.78 is 5.23. The summed E-state index contributed by atoms with van der Waals surface area (Å²) in [6.07, 6.45) is 0.663. The minimum absolute atomic E-state index is 0.394. The number of likely N-dealkylation sites (N-methyl/N-ethyl adjacent to an activating group) is 1. The number of hydrogen-bond donors (Lipinski definition) is 2. The quantitative estimate of drug-likeness (QED) is 0.713. The van der Waals surface area contributed by atoms with Gasteiger partial charge in [0.15, 0.2) is 0 Å².